The van der Waals surface area contributed by atoms with Crippen LogP contribution in [0.4, 0.5) is 5.82 Å². The van der Waals surface area contributed by atoms with Crippen molar-refractivity contribution in [3.8, 4) is 6.07 Å². The number of halogens is 1. The summed E-state index contributed by atoms with van der Waals surface area (Å²) in [6.45, 7) is 2.02. The van der Waals surface area contributed by atoms with Gasteiger partial charge in [-0.15, -0.1) is 0 Å². The Morgan fingerprint density at radius 1 is 1.21 bits per heavy atom. The molecule has 1 atom stereocenters. The Morgan fingerprint density at radius 2 is 2.04 bits per heavy atom. The van der Waals surface area contributed by atoms with Gasteiger partial charge in [0.05, 0.1) is 17.1 Å². The third kappa shape index (κ3) is 3.48. The number of aromatic nitrogens is 1. The maximum absolute atomic E-state index is 10.7. The Balaban J connectivity index is 1.79. The third-order valence-electron chi connectivity index (χ3n) is 3.88. The molecule has 0 saturated carbocycles. The second kappa shape index (κ2) is 6.48. The van der Waals surface area contributed by atoms with E-state index >= 15 is 0 Å². The zero-order valence-corrected chi connectivity index (χ0v) is 13.9. The molecule has 0 bridgehead atoms. The Labute approximate surface area is 145 Å². The van der Waals surface area contributed by atoms with Crippen molar-refractivity contribution in [1.82, 2.24) is 4.98 Å². The van der Waals surface area contributed by atoms with Gasteiger partial charge >= 0.3 is 0 Å². The molecule has 120 valence electrons. The zero-order valence-electron chi connectivity index (χ0n) is 13.1. The molecule has 0 aliphatic rings. The van der Waals surface area contributed by atoms with E-state index in [-0.39, 0.29) is 0 Å². The minimum Gasteiger partial charge on any atom is -0.384 e. The van der Waals surface area contributed by atoms with E-state index in [9.17, 15) is 5.11 Å². The predicted molar refractivity (Wildman–Crippen MR) is 96.0 cm³/mol. The quantitative estimate of drug-likeness (QED) is 0.752. The number of nitriles is 1. The molecule has 0 amide bonds. The normalized spacial score (nSPS) is 13.2. The van der Waals surface area contributed by atoms with Crippen LogP contribution in [-0.4, -0.2) is 16.6 Å². The van der Waals surface area contributed by atoms with E-state index in [1.807, 2.05) is 30.3 Å². The van der Waals surface area contributed by atoms with Crippen LogP contribution in [0.5, 0.6) is 0 Å². The van der Waals surface area contributed by atoms with Crippen LogP contribution in [0.15, 0.2) is 54.6 Å². The van der Waals surface area contributed by atoms with E-state index in [0.29, 0.717) is 22.9 Å². The zero-order chi connectivity index (χ0) is 17.2. The van der Waals surface area contributed by atoms with Gasteiger partial charge in [-0.1, -0.05) is 23.7 Å². The van der Waals surface area contributed by atoms with Gasteiger partial charge < -0.3 is 10.4 Å². The number of benzene rings is 2. The lowest BCUT2D eigenvalue weighted by molar-refractivity contribution is 0.0714. The maximum atomic E-state index is 10.7. The number of pyridine rings is 1. The minimum absolute atomic E-state index is 0.294. The molecule has 2 N–H and O–H groups in total. The second-order valence-corrected chi connectivity index (χ2v) is 6.29. The van der Waals surface area contributed by atoms with Crippen LogP contribution in [0.1, 0.15) is 18.1 Å². The summed E-state index contributed by atoms with van der Waals surface area (Å²) < 4.78 is 0. The molecule has 24 heavy (non-hydrogen) atoms. The first-order valence-electron chi connectivity index (χ1n) is 7.51. The number of hydrogen-bond donors (Lipinski definition) is 2. The largest absolute Gasteiger partial charge is 0.384 e. The van der Waals surface area contributed by atoms with Crippen molar-refractivity contribution in [2.45, 2.75) is 12.5 Å². The first kappa shape index (κ1) is 16.3. The molecular weight excluding hydrogens is 322 g/mol. The van der Waals surface area contributed by atoms with E-state index in [4.69, 9.17) is 16.9 Å². The molecule has 3 rings (SSSR count). The molecular formula is C19H16ClN3O. The number of hydrogen-bond acceptors (Lipinski definition) is 4. The summed E-state index contributed by atoms with van der Waals surface area (Å²) in [5.74, 6) is 0.662. The van der Waals surface area contributed by atoms with Gasteiger partial charge in [-0.05, 0) is 55.0 Å². The molecule has 0 radical (unpaired) electrons. The van der Waals surface area contributed by atoms with Gasteiger partial charge in [-0.2, -0.15) is 5.26 Å². The minimum atomic E-state index is -1.08. The fraction of sp³-hybridized carbons (Fsp3) is 0.158. The molecule has 0 aliphatic carbocycles. The number of nitrogens with zero attached hydrogens (tertiary/aromatic N) is 2. The number of rotatable bonds is 4. The first-order valence-corrected chi connectivity index (χ1v) is 7.89. The number of anilines is 1. The monoisotopic (exact) mass is 337 g/mol. The topological polar surface area (TPSA) is 68.9 Å². The van der Waals surface area contributed by atoms with E-state index in [2.05, 4.69) is 16.4 Å². The molecule has 0 saturated heterocycles. The lowest BCUT2D eigenvalue weighted by Gasteiger charge is -2.24. The van der Waals surface area contributed by atoms with E-state index in [0.717, 1.165) is 16.5 Å². The standard InChI is InChI=1S/C19H16ClN3O/c1-19(24,15-3-2-4-16(20)10-15)12-22-18-8-6-14-9-13(11-21)5-7-17(14)23-18/h2-10,24H,12H2,1H3,(H,22,23). The van der Waals surface area contributed by atoms with Crippen LogP contribution < -0.4 is 5.32 Å². The van der Waals surface area contributed by atoms with Crippen LogP contribution in [0, 0.1) is 11.3 Å². The van der Waals surface area contributed by atoms with Gasteiger partial charge in [0, 0.05) is 17.0 Å². The summed E-state index contributed by atoms with van der Waals surface area (Å²) in [6.07, 6.45) is 0. The first-order chi connectivity index (χ1) is 11.5. The molecule has 2 aromatic carbocycles. The molecule has 5 heteroatoms. The van der Waals surface area contributed by atoms with Crippen molar-refractivity contribution in [2.75, 3.05) is 11.9 Å². The molecule has 0 aliphatic heterocycles. The van der Waals surface area contributed by atoms with Gasteiger partial charge in [0.25, 0.3) is 0 Å². The van der Waals surface area contributed by atoms with Crippen LogP contribution in [0.2, 0.25) is 5.02 Å². The summed E-state index contributed by atoms with van der Waals surface area (Å²) in [7, 11) is 0. The number of fused-ring (bicyclic) bond motifs is 1. The Bertz CT molecular complexity index is 931. The van der Waals surface area contributed by atoms with Gasteiger partial charge in [-0.25, -0.2) is 4.98 Å². The van der Waals surface area contributed by atoms with Crippen LogP contribution >= 0.6 is 11.6 Å². The SMILES string of the molecule is CC(O)(CNc1ccc2cc(C#N)ccc2n1)c1cccc(Cl)c1. The summed E-state index contributed by atoms with van der Waals surface area (Å²) in [5.41, 5.74) is 1.06. The van der Waals surface area contributed by atoms with Crippen molar-refractivity contribution < 1.29 is 5.11 Å². The Morgan fingerprint density at radius 3 is 2.79 bits per heavy atom. The molecule has 0 fully saturated rings. The van der Waals surface area contributed by atoms with Gasteiger partial charge in [-0.3, -0.25) is 0 Å². The second-order valence-electron chi connectivity index (χ2n) is 5.85. The molecule has 4 nitrogen and oxygen atoms in total. The van der Waals surface area contributed by atoms with Crippen molar-refractivity contribution in [3.05, 3.63) is 70.7 Å². The highest BCUT2D eigenvalue weighted by molar-refractivity contribution is 6.30. The fourth-order valence-corrected chi connectivity index (χ4v) is 2.67. The Kier molecular flexibility index (Phi) is 4.39. The average molecular weight is 338 g/mol. The van der Waals surface area contributed by atoms with Crippen LogP contribution in [0.25, 0.3) is 10.9 Å². The predicted octanol–water partition coefficient (Wildman–Crippen LogP) is 4.08. The fourth-order valence-electron chi connectivity index (χ4n) is 2.48. The van der Waals surface area contributed by atoms with E-state index in [1.165, 1.54) is 0 Å². The lowest BCUT2D eigenvalue weighted by Crippen LogP contribution is -2.30. The maximum Gasteiger partial charge on any atom is 0.126 e. The summed E-state index contributed by atoms with van der Waals surface area (Å²) >= 11 is 5.99. The molecule has 0 spiro atoms. The highest BCUT2D eigenvalue weighted by Crippen LogP contribution is 2.24. The van der Waals surface area contributed by atoms with E-state index in [1.54, 1.807) is 31.2 Å². The molecule has 3 aromatic rings. The van der Waals surface area contributed by atoms with Gasteiger partial charge in [0.15, 0.2) is 0 Å². The lowest BCUT2D eigenvalue weighted by atomic mass is 9.96. The molecule has 1 unspecified atom stereocenters. The van der Waals surface area contributed by atoms with Crippen molar-refractivity contribution in [2.24, 2.45) is 0 Å². The van der Waals surface area contributed by atoms with Crippen LogP contribution in [-0.2, 0) is 5.60 Å². The molecule has 1 aromatic heterocycles. The van der Waals surface area contributed by atoms with Crippen LogP contribution in [0.3, 0.4) is 0 Å². The van der Waals surface area contributed by atoms with E-state index < -0.39 is 5.60 Å². The summed E-state index contributed by atoms with van der Waals surface area (Å²) in [4.78, 5) is 4.51. The third-order valence-corrected chi connectivity index (χ3v) is 4.11. The average Bonchev–Trinajstić information content (AvgIpc) is 2.59. The molecule has 1 heterocycles. The number of nitrogens with one attached hydrogen (secondary N) is 1. The van der Waals surface area contributed by atoms with Crippen molar-refractivity contribution in [3.63, 3.8) is 0 Å². The summed E-state index contributed by atoms with van der Waals surface area (Å²) in [5, 5.41) is 24.2. The van der Waals surface area contributed by atoms with Crippen molar-refractivity contribution in [1.29, 1.82) is 5.26 Å². The summed E-state index contributed by atoms with van der Waals surface area (Å²) in [6, 6.07) is 18.4. The smallest absolute Gasteiger partial charge is 0.126 e. The van der Waals surface area contributed by atoms with Crippen molar-refractivity contribution >= 4 is 28.3 Å². The van der Waals surface area contributed by atoms with Gasteiger partial charge in [0.1, 0.15) is 11.4 Å². The Hall–Kier alpha value is -2.61. The van der Waals surface area contributed by atoms with Gasteiger partial charge in [0.2, 0.25) is 0 Å². The highest BCUT2D eigenvalue weighted by Gasteiger charge is 2.23. The number of aliphatic hydroxyl groups is 1. The highest BCUT2D eigenvalue weighted by atomic mass is 35.5.